The molecule has 7 nitrogen and oxygen atoms in total. The van der Waals surface area contributed by atoms with Crippen molar-refractivity contribution in [1.29, 1.82) is 0 Å². The lowest BCUT2D eigenvalue weighted by atomic mass is 10.0. The van der Waals surface area contributed by atoms with Gasteiger partial charge in [0.2, 0.25) is 5.91 Å². The highest BCUT2D eigenvalue weighted by Gasteiger charge is 2.43. The van der Waals surface area contributed by atoms with Gasteiger partial charge in [-0.25, -0.2) is 0 Å². The molecule has 10 heteroatoms. The number of benzene rings is 1. The zero-order valence-electron chi connectivity index (χ0n) is 18.7. The molecule has 1 unspecified atom stereocenters. The third-order valence-electron chi connectivity index (χ3n) is 5.85. The van der Waals surface area contributed by atoms with E-state index in [9.17, 15) is 22.8 Å². The van der Waals surface area contributed by atoms with Gasteiger partial charge in [-0.05, 0) is 31.5 Å². The maximum absolute atomic E-state index is 12.8. The van der Waals surface area contributed by atoms with Crippen LogP contribution in [0.1, 0.15) is 42.1 Å². The first kappa shape index (κ1) is 25.2. The molecule has 0 radical (unpaired) electrons. The summed E-state index contributed by atoms with van der Waals surface area (Å²) in [6.07, 6.45) is -2.35. The van der Waals surface area contributed by atoms with E-state index < -0.39 is 29.3 Å². The zero-order valence-corrected chi connectivity index (χ0v) is 18.7. The largest absolute Gasteiger partial charge is 0.416 e. The molecule has 3 rings (SSSR count). The normalized spacial score (nSPS) is 20.9. The van der Waals surface area contributed by atoms with Gasteiger partial charge in [-0.3, -0.25) is 14.5 Å². The number of carbonyl (C=O) groups excluding carboxylic acids is 2. The van der Waals surface area contributed by atoms with E-state index in [1.807, 2.05) is 6.92 Å². The third kappa shape index (κ3) is 6.78. The molecule has 33 heavy (non-hydrogen) atoms. The summed E-state index contributed by atoms with van der Waals surface area (Å²) in [6.45, 7) is 8.50. The molecular weight excluding hydrogens is 439 g/mol. The molecule has 1 atom stereocenters. The summed E-state index contributed by atoms with van der Waals surface area (Å²) >= 11 is 0. The first-order valence-corrected chi connectivity index (χ1v) is 10.9. The Hall–Kier alpha value is -2.43. The maximum atomic E-state index is 12.8. The molecule has 2 amide bonds. The molecule has 2 fully saturated rings. The van der Waals surface area contributed by atoms with Gasteiger partial charge >= 0.3 is 6.18 Å². The van der Waals surface area contributed by atoms with Crippen LogP contribution in [0.15, 0.2) is 36.4 Å². The second-order valence-corrected chi connectivity index (χ2v) is 8.56. The standard InChI is InChI=1S/C23H30F3N3O4/c1-16(2)15-33-22(7-10-32-11-8-22)29-9-6-19(14-29)28-20(30)13-27-21(31)17-4-3-5-18(12-17)23(24,25)26/h3-5,12,19H,1,6-11,13-15H2,2H3,(H,27,31)(H,28,30). The van der Waals surface area contributed by atoms with Crippen LogP contribution < -0.4 is 10.6 Å². The van der Waals surface area contributed by atoms with Gasteiger partial charge in [-0.2, -0.15) is 13.2 Å². The van der Waals surface area contributed by atoms with Gasteiger partial charge in [0.25, 0.3) is 5.91 Å². The Balaban J connectivity index is 1.50. The monoisotopic (exact) mass is 469 g/mol. The van der Waals surface area contributed by atoms with E-state index in [0.717, 1.165) is 49.6 Å². The molecule has 2 aliphatic heterocycles. The first-order chi connectivity index (χ1) is 15.6. The Morgan fingerprint density at radius 2 is 2.03 bits per heavy atom. The van der Waals surface area contributed by atoms with Crippen LogP contribution in [-0.2, 0) is 20.4 Å². The average molecular weight is 470 g/mol. The Morgan fingerprint density at radius 3 is 2.70 bits per heavy atom. The van der Waals surface area contributed by atoms with Crippen molar-refractivity contribution in [3.05, 3.63) is 47.5 Å². The van der Waals surface area contributed by atoms with E-state index in [0.29, 0.717) is 26.4 Å². The van der Waals surface area contributed by atoms with Gasteiger partial charge in [0.1, 0.15) is 5.72 Å². The van der Waals surface area contributed by atoms with Crippen molar-refractivity contribution in [2.45, 2.75) is 44.1 Å². The van der Waals surface area contributed by atoms with Crippen LogP contribution in [-0.4, -0.2) is 67.9 Å². The lowest BCUT2D eigenvalue weighted by Crippen LogP contribution is -2.54. The highest BCUT2D eigenvalue weighted by Crippen LogP contribution is 2.33. The molecule has 0 aromatic heterocycles. The van der Waals surface area contributed by atoms with Gasteiger partial charge in [0.15, 0.2) is 0 Å². The Kier molecular flexibility index (Phi) is 8.14. The van der Waals surface area contributed by atoms with E-state index in [1.165, 1.54) is 6.07 Å². The quantitative estimate of drug-likeness (QED) is 0.573. The number of nitrogens with one attached hydrogen (secondary N) is 2. The zero-order chi connectivity index (χ0) is 24.1. The molecular formula is C23H30F3N3O4. The second kappa shape index (κ2) is 10.7. The van der Waals surface area contributed by atoms with Gasteiger partial charge < -0.3 is 20.1 Å². The van der Waals surface area contributed by atoms with E-state index in [-0.39, 0.29) is 18.2 Å². The van der Waals surface area contributed by atoms with Gasteiger partial charge in [0, 0.05) is 37.5 Å². The van der Waals surface area contributed by atoms with E-state index in [2.05, 4.69) is 22.1 Å². The minimum absolute atomic E-state index is 0.115. The predicted molar refractivity (Wildman–Crippen MR) is 115 cm³/mol. The van der Waals surface area contributed by atoms with Crippen LogP contribution >= 0.6 is 0 Å². The van der Waals surface area contributed by atoms with E-state index >= 15 is 0 Å². The lowest BCUT2D eigenvalue weighted by molar-refractivity contribution is -0.188. The van der Waals surface area contributed by atoms with Gasteiger partial charge in [-0.15, -0.1) is 0 Å². The lowest BCUT2D eigenvalue weighted by Gasteiger charge is -2.44. The predicted octanol–water partition coefficient (Wildman–Crippen LogP) is 2.73. The molecule has 1 aromatic carbocycles. The fourth-order valence-electron chi connectivity index (χ4n) is 4.13. The summed E-state index contributed by atoms with van der Waals surface area (Å²) in [4.78, 5) is 26.8. The van der Waals surface area contributed by atoms with Crippen molar-refractivity contribution in [2.75, 3.05) is 39.5 Å². The van der Waals surface area contributed by atoms with Crippen LogP contribution in [0.4, 0.5) is 13.2 Å². The summed E-state index contributed by atoms with van der Waals surface area (Å²) in [5, 5.41) is 5.28. The average Bonchev–Trinajstić information content (AvgIpc) is 3.25. The molecule has 182 valence electrons. The molecule has 2 N–H and O–H groups in total. The molecule has 0 bridgehead atoms. The number of rotatable bonds is 8. The van der Waals surface area contributed by atoms with Crippen LogP contribution in [0, 0.1) is 0 Å². The number of hydrogen-bond donors (Lipinski definition) is 2. The highest BCUT2D eigenvalue weighted by atomic mass is 19.4. The number of amides is 2. The fraction of sp³-hybridized carbons (Fsp3) is 0.565. The summed E-state index contributed by atoms with van der Waals surface area (Å²) in [6, 6.07) is 3.97. The van der Waals surface area contributed by atoms with Crippen molar-refractivity contribution in [1.82, 2.24) is 15.5 Å². The van der Waals surface area contributed by atoms with E-state index in [4.69, 9.17) is 9.47 Å². The summed E-state index contributed by atoms with van der Waals surface area (Å²) in [5.74, 6) is -1.13. The molecule has 2 saturated heterocycles. The SMILES string of the molecule is C=C(C)COC1(N2CCC(NC(=O)CNC(=O)c3cccc(C(F)(F)F)c3)C2)CCOCC1. The fourth-order valence-corrected chi connectivity index (χ4v) is 4.13. The van der Waals surface area contributed by atoms with Crippen molar-refractivity contribution in [2.24, 2.45) is 0 Å². The molecule has 0 saturated carbocycles. The van der Waals surface area contributed by atoms with Crippen LogP contribution in [0.3, 0.4) is 0 Å². The smallest absolute Gasteiger partial charge is 0.381 e. The molecule has 2 heterocycles. The minimum atomic E-state index is -4.54. The Labute approximate surface area is 191 Å². The van der Waals surface area contributed by atoms with Gasteiger partial charge in [-0.1, -0.05) is 18.2 Å². The Bertz CT molecular complexity index is 869. The number of carbonyl (C=O) groups is 2. The van der Waals surface area contributed by atoms with Crippen LogP contribution in [0.5, 0.6) is 0 Å². The van der Waals surface area contributed by atoms with Crippen LogP contribution in [0.25, 0.3) is 0 Å². The topological polar surface area (TPSA) is 79.9 Å². The van der Waals surface area contributed by atoms with Crippen molar-refractivity contribution in [3.63, 3.8) is 0 Å². The summed E-state index contributed by atoms with van der Waals surface area (Å²) in [5.41, 5.74) is -0.585. The number of alkyl halides is 3. The molecule has 0 spiro atoms. The molecule has 0 aliphatic carbocycles. The van der Waals surface area contributed by atoms with Crippen molar-refractivity contribution >= 4 is 11.8 Å². The maximum Gasteiger partial charge on any atom is 0.416 e. The van der Waals surface area contributed by atoms with Crippen LogP contribution in [0.2, 0.25) is 0 Å². The summed E-state index contributed by atoms with van der Waals surface area (Å²) in [7, 11) is 0. The molecule has 1 aromatic rings. The number of likely N-dealkylation sites (tertiary alicyclic amines) is 1. The number of hydrogen-bond acceptors (Lipinski definition) is 5. The highest BCUT2D eigenvalue weighted by molar-refractivity contribution is 5.96. The third-order valence-corrected chi connectivity index (χ3v) is 5.85. The van der Waals surface area contributed by atoms with E-state index in [1.54, 1.807) is 0 Å². The number of ether oxygens (including phenoxy) is 2. The summed E-state index contributed by atoms with van der Waals surface area (Å²) < 4.78 is 50.2. The first-order valence-electron chi connectivity index (χ1n) is 10.9. The van der Waals surface area contributed by atoms with Crippen molar-refractivity contribution in [3.8, 4) is 0 Å². The van der Waals surface area contributed by atoms with Gasteiger partial charge in [0.05, 0.1) is 31.9 Å². The Morgan fingerprint density at radius 1 is 1.30 bits per heavy atom. The number of nitrogens with zero attached hydrogens (tertiary/aromatic N) is 1. The second-order valence-electron chi connectivity index (χ2n) is 8.56. The molecule has 2 aliphatic rings. The minimum Gasteiger partial charge on any atom is -0.381 e. The number of halogens is 3. The van der Waals surface area contributed by atoms with Crippen molar-refractivity contribution < 1.29 is 32.2 Å².